The number of methoxy groups -OCH3 is 1. The summed E-state index contributed by atoms with van der Waals surface area (Å²) >= 11 is 0. The Kier molecular flexibility index (Phi) is 5.01. The molecule has 0 bridgehead atoms. The summed E-state index contributed by atoms with van der Waals surface area (Å²) in [4.78, 5) is 0. The molecule has 1 spiro atoms. The fraction of sp³-hybridized carbons (Fsp3) is 1.00. The lowest BCUT2D eigenvalue weighted by Crippen LogP contribution is -2.51. The molecule has 0 aromatic heterocycles. The molecule has 2 saturated heterocycles. The van der Waals surface area contributed by atoms with Crippen LogP contribution in [0.5, 0.6) is 0 Å². The maximum Gasteiger partial charge on any atom is 0.0729 e. The summed E-state index contributed by atoms with van der Waals surface area (Å²) in [5.74, 6) is 0.516. The molecule has 0 radical (unpaired) electrons. The van der Waals surface area contributed by atoms with Gasteiger partial charge in [0.1, 0.15) is 0 Å². The fourth-order valence-corrected chi connectivity index (χ4v) is 3.39. The van der Waals surface area contributed by atoms with Gasteiger partial charge >= 0.3 is 0 Å². The normalized spacial score (nSPS) is 31.2. The van der Waals surface area contributed by atoms with Crippen molar-refractivity contribution in [3.63, 3.8) is 0 Å². The molecule has 0 aromatic carbocycles. The third-order valence-electron chi connectivity index (χ3n) is 4.61. The zero-order chi connectivity index (χ0) is 13.0. The zero-order valence-corrected chi connectivity index (χ0v) is 11.7. The van der Waals surface area contributed by atoms with Crippen LogP contribution in [0.1, 0.15) is 39.0 Å². The van der Waals surface area contributed by atoms with Gasteiger partial charge in [0, 0.05) is 33.0 Å². The Balaban J connectivity index is 1.97. The van der Waals surface area contributed by atoms with Gasteiger partial charge in [0.2, 0.25) is 0 Å². The molecule has 0 aliphatic carbocycles. The molecular weight excluding hydrogens is 230 g/mol. The quantitative estimate of drug-likeness (QED) is 0.833. The maximum absolute atomic E-state index is 6.39. The molecule has 18 heavy (non-hydrogen) atoms. The molecule has 2 heterocycles. The summed E-state index contributed by atoms with van der Waals surface area (Å²) in [7, 11) is 1.76. The smallest absolute Gasteiger partial charge is 0.0729 e. The van der Waals surface area contributed by atoms with Gasteiger partial charge in [-0.25, -0.2) is 0 Å². The summed E-state index contributed by atoms with van der Waals surface area (Å²) in [6.07, 6.45) is 5.30. The van der Waals surface area contributed by atoms with E-state index >= 15 is 0 Å². The average molecular weight is 257 g/mol. The van der Waals surface area contributed by atoms with Gasteiger partial charge in [0.15, 0.2) is 0 Å². The van der Waals surface area contributed by atoms with Crippen molar-refractivity contribution < 1.29 is 14.2 Å². The van der Waals surface area contributed by atoms with Gasteiger partial charge in [-0.05, 0) is 38.0 Å². The van der Waals surface area contributed by atoms with Crippen molar-refractivity contribution in [1.82, 2.24) is 0 Å². The highest BCUT2D eigenvalue weighted by Gasteiger charge is 2.41. The first kappa shape index (κ1) is 14.3. The van der Waals surface area contributed by atoms with Crippen LogP contribution in [-0.4, -0.2) is 44.7 Å². The lowest BCUT2D eigenvalue weighted by molar-refractivity contribution is -0.152. The summed E-state index contributed by atoms with van der Waals surface area (Å²) in [5, 5.41) is 0. The molecular formula is C14H27NO3. The monoisotopic (exact) mass is 257 g/mol. The Morgan fingerprint density at radius 2 is 2.06 bits per heavy atom. The molecule has 0 aromatic rings. The van der Waals surface area contributed by atoms with E-state index in [0.29, 0.717) is 5.92 Å². The number of ether oxygens (including phenoxy) is 3. The Labute approximate surface area is 110 Å². The van der Waals surface area contributed by atoms with E-state index in [4.69, 9.17) is 19.9 Å². The number of hydrogen-bond acceptors (Lipinski definition) is 4. The SMILES string of the molecule is CCC(OC)C(N)C1CCOC2(CCOCC2)C1. The highest BCUT2D eigenvalue weighted by Crippen LogP contribution is 2.38. The van der Waals surface area contributed by atoms with Crippen molar-refractivity contribution >= 4 is 0 Å². The summed E-state index contributed by atoms with van der Waals surface area (Å²) in [6.45, 7) is 4.61. The largest absolute Gasteiger partial charge is 0.381 e. The van der Waals surface area contributed by atoms with Crippen LogP contribution in [0.25, 0.3) is 0 Å². The van der Waals surface area contributed by atoms with E-state index < -0.39 is 0 Å². The van der Waals surface area contributed by atoms with Gasteiger partial charge in [-0.1, -0.05) is 6.92 Å². The molecule has 2 aliphatic rings. The van der Waals surface area contributed by atoms with E-state index in [1.807, 2.05) is 0 Å². The van der Waals surface area contributed by atoms with Crippen LogP contribution in [-0.2, 0) is 14.2 Å². The van der Waals surface area contributed by atoms with Crippen molar-refractivity contribution in [1.29, 1.82) is 0 Å². The molecule has 0 saturated carbocycles. The third-order valence-corrected chi connectivity index (χ3v) is 4.61. The first-order valence-electron chi connectivity index (χ1n) is 7.21. The lowest BCUT2D eigenvalue weighted by Gasteiger charge is -2.45. The second-order valence-electron chi connectivity index (χ2n) is 5.66. The molecule has 4 heteroatoms. The number of hydrogen-bond donors (Lipinski definition) is 1. The number of rotatable bonds is 4. The summed E-state index contributed by atoms with van der Waals surface area (Å²) in [6, 6.07) is 0.128. The molecule has 2 aliphatic heterocycles. The first-order valence-corrected chi connectivity index (χ1v) is 7.21. The van der Waals surface area contributed by atoms with Gasteiger partial charge in [-0.3, -0.25) is 0 Å². The second-order valence-corrected chi connectivity index (χ2v) is 5.66. The fourth-order valence-electron chi connectivity index (χ4n) is 3.39. The molecule has 2 N–H and O–H groups in total. The predicted octanol–water partition coefficient (Wildman–Crippen LogP) is 1.71. The van der Waals surface area contributed by atoms with E-state index in [0.717, 1.165) is 51.9 Å². The molecule has 3 atom stereocenters. The minimum atomic E-state index is 0.0326. The van der Waals surface area contributed by atoms with Crippen LogP contribution in [0.15, 0.2) is 0 Å². The van der Waals surface area contributed by atoms with Crippen molar-refractivity contribution in [3.8, 4) is 0 Å². The molecule has 2 rings (SSSR count). The van der Waals surface area contributed by atoms with Crippen LogP contribution in [0.2, 0.25) is 0 Å². The van der Waals surface area contributed by atoms with Crippen molar-refractivity contribution in [2.45, 2.75) is 56.8 Å². The van der Waals surface area contributed by atoms with E-state index in [2.05, 4.69) is 6.92 Å². The van der Waals surface area contributed by atoms with Crippen LogP contribution < -0.4 is 5.73 Å². The van der Waals surface area contributed by atoms with Crippen molar-refractivity contribution in [3.05, 3.63) is 0 Å². The van der Waals surface area contributed by atoms with Crippen LogP contribution in [0.4, 0.5) is 0 Å². The third kappa shape index (κ3) is 3.05. The van der Waals surface area contributed by atoms with Gasteiger partial charge in [0.25, 0.3) is 0 Å². The highest BCUT2D eigenvalue weighted by atomic mass is 16.5. The van der Waals surface area contributed by atoms with E-state index in [1.165, 1.54) is 0 Å². The molecule has 3 unspecified atom stereocenters. The van der Waals surface area contributed by atoms with Gasteiger partial charge in [-0.2, -0.15) is 0 Å². The van der Waals surface area contributed by atoms with Crippen LogP contribution >= 0.6 is 0 Å². The van der Waals surface area contributed by atoms with Crippen molar-refractivity contribution in [2.75, 3.05) is 26.9 Å². The minimum Gasteiger partial charge on any atom is -0.381 e. The number of nitrogens with two attached hydrogens (primary N) is 1. The molecule has 4 nitrogen and oxygen atoms in total. The summed E-state index contributed by atoms with van der Waals surface area (Å²) < 4.78 is 17.0. The molecule has 0 amide bonds. The lowest BCUT2D eigenvalue weighted by atomic mass is 9.76. The summed E-state index contributed by atoms with van der Waals surface area (Å²) in [5.41, 5.74) is 6.42. The average Bonchev–Trinajstić information content (AvgIpc) is 2.41. The van der Waals surface area contributed by atoms with Gasteiger partial charge in [0.05, 0.1) is 11.7 Å². The molecule has 106 valence electrons. The minimum absolute atomic E-state index is 0.0326. The highest BCUT2D eigenvalue weighted by molar-refractivity contribution is 4.93. The van der Waals surface area contributed by atoms with Gasteiger partial charge in [-0.15, -0.1) is 0 Å². The van der Waals surface area contributed by atoms with E-state index in [9.17, 15) is 0 Å². The van der Waals surface area contributed by atoms with Crippen LogP contribution in [0.3, 0.4) is 0 Å². The van der Waals surface area contributed by atoms with Crippen molar-refractivity contribution in [2.24, 2.45) is 11.7 Å². The Morgan fingerprint density at radius 1 is 1.33 bits per heavy atom. The Bertz CT molecular complexity index is 244. The van der Waals surface area contributed by atoms with E-state index in [-0.39, 0.29) is 17.7 Å². The Hall–Kier alpha value is -0.160. The second kappa shape index (κ2) is 6.33. The standard InChI is InChI=1S/C14H27NO3/c1-3-12(16-2)13(15)11-4-7-18-14(10-11)5-8-17-9-6-14/h11-13H,3-10,15H2,1-2H3. The van der Waals surface area contributed by atoms with Gasteiger partial charge < -0.3 is 19.9 Å². The maximum atomic E-state index is 6.39. The molecule has 2 fully saturated rings. The zero-order valence-electron chi connectivity index (χ0n) is 11.7. The first-order chi connectivity index (χ1) is 8.71. The Morgan fingerprint density at radius 3 is 2.67 bits per heavy atom. The predicted molar refractivity (Wildman–Crippen MR) is 70.5 cm³/mol. The van der Waals surface area contributed by atoms with Crippen LogP contribution in [0, 0.1) is 5.92 Å². The topological polar surface area (TPSA) is 53.7 Å². The van der Waals surface area contributed by atoms with E-state index in [1.54, 1.807) is 7.11 Å².